The van der Waals surface area contributed by atoms with Crippen LogP contribution in [0.15, 0.2) is 4.99 Å². The molecule has 0 rings (SSSR count). The molecule has 0 amide bonds. The van der Waals surface area contributed by atoms with Gasteiger partial charge in [0, 0.05) is 13.2 Å². The quantitative estimate of drug-likeness (QED) is 0.200. The van der Waals surface area contributed by atoms with Gasteiger partial charge in [-0.25, -0.2) is 10.8 Å². The summed E-state index contributed by atoms with van der Waals surface area (Å²) in [7, 11) is 1.68. The zero-order valence-corrected chi connectivity index (χ0v) is 12.1. The van der Waals surface area contributed by atoms with E-state index in [2.05, 4.69) is 29.6 Å². The van der Waals surface area contributed by atoms with E-state index in [1.165, 1.54) is 0 Å². The minimum absolute atomic E-state index is 0.187. The highest BCUT2D eigenvalue weighted by Gasteiger charge is 2.06. The summed E-state index contributed by atoms with van der Waals surface area (Å²) in [5.74, 6) is 8.35. The molecule has 102 valence electrons. The summed E-state index contributed by atoms with van der Waals surface area (Å²) in [6.07, 6.45) is 1.06. The predicted molar refractivity (Wildman–Crippen MR) is 76.3 cm³/mol. The molecular formula is C11H26N4OS. The number of hydrogen-bond donors (Lipinski definition) is 3. The third-order valence-electron chi connectivity index (χ3n) is 2.17. The lowest BCUT2D eigenvalue weighted by Crippen LogP contribution is -2.47. The second kappa shape index (κ2) is 10.7. The highest BCUT2D eigenvalue weighted by molar-refractivity contribution is 7.99. The Kier molecular flexibility index (Phi) is 10.4. The second-order valence-electron chi connectivity index (χ2n) is 3.96. The molecule has 6 heteroatoms. The van der Waals surface area contributed by atoms with E-state index in [-0.39, 0.29) is 12.1 Å². The van der Waals surface area contributed by atoms with Gasteiger partial charge in [-0.15, -0.1) is 0 Å². The summed E-state index contributed by atoms with van der Waals surface area (Å²) in [5, 5.41) is 3.17. The van der Waals surface area contributed by atoms with Crippen molar-refractivity contribution in [2.24, 2.45) is 10.8 Å². The standard InChI is InChI=1S/C11H26N4OS/c1-5-17-7-6-9(2)13-11(15-12)14-10(3)8-16-4/h9-10H,5-8,12H2,1-4H3,(H2,13,14,15). The fourth-order valence-corrected chi connectivity index (χ4v) is 2.12. The molecule has 0 aliphatic rings. The minimum atomic E-state index is 0.187. The number of methoxy groups -OCH3 is 1. The third kappa shape index (κ3) is 9.26. The molecule has 0 bridgehead atoms. The maximum absolute atomic E-state index is 5.43. The average Bonchev–Trinajstić information content (AvgIpc) is 2.28. The lowest BCUT2D eigenvalue weighted by atomic mass is 10.3. The molecule has 0 aromatic heterocycles. The summed E-state index contributed by atoms with van der Waals surface area (Å²) in [6.45, 7) is 6.91. The number of nitrogens with one attached hydrogen (secondary N) is 2. The first-order valence-electron chi connectivity index (χ1n) is 6.01. The van der Waals surface area contributed by atoms with E-state index in [0.717, 1.165) is 17.9 Å². The van der Waals surface area contributed by atoms with Gasteiger partial charge in [-0.1, -0.05) is 6.92 Å². The van der Waals surface area contributed by atoms with Crippen LogP contribution >= 0.6 is 11.8 Å². The number of ether oxygens (including phenoxy) is 1. The lowest BCUT2D eigenvalue weighted by Gasteiger charge is -2.17. The van der Waals surface area contributed by atoms with Crippen molar-refractivity contribution >= 4 is 17.7 Å². The van der Waals surface area contributed by atoms with Crippen LogP contribution in [-0.2, 0) is 4.74 Å². The van der Waals surface area contributed by atoms with Gasteiger partial charge < -0.3 is 10.1 Å². The number of hydrogen-bond acceptors (Lipinski definition) is 4. The van der Waals surface area contributed by atoms with Crippen molar-refractivity contribution in [3.8, 4) is 0 Å². The molecule has 0 aliphatic carbocycles. The third-order valence-corrected chi connectivity index (χ3v) is 3.10. The van der Waals surface area contributed by atoms with Gasteiger partial charge in [0.15, 0.2) is 0 Å². The largest absolute Gasteiger partial charge is 0.383 e. The number of rotatable bonds is 8. The molecule has 0 saturated carbocycles. The minimum Gasteiger partial charge on any atom is -0.383 e. The summed E-state index contributed by atoms with van der Waals surface area (Å²) in [6, 6.07) is 0.453. The Morgan fingerprint density at radius 3 is 2.71 bits per heavy atom. The molecule has 0 aliphatic heterocycles. The Balaban J connectivity index is 4.04. The van der Waals surface area contributed by atoms with Gasteiger partial charge in [0.25, 0.3) is 0 Å². The molecule has 0 aromatic rings. The zero-order chi connectivity index (χ0) is 13.1. The van der Waals surface area contributed by atoms with Crippen LogP contribution in [0.1, 0.15) is 27.2 Å². The van der Waals surface area contributed by atoms with Crippen LogP contribution in [-0.4, -0.2) is 43.3 Å². The smallest absolute Gasteiger partial charge is 0.206 e. The highest BCUT2D eigenvalue weighted by Crippen LogP contribution is 2.06. The number of aliphatic imine (C=N–C) groups is 1. The molecule has 2 atom stereocenters. The fraction of sp³-hybridized carbons (Fsp3) is 0.909. The number of nitrogens with two attached hydrogens (primary N) is 1. The molecular weight excluding hydrogens is 236 g/mol. The van der Waals surface area contributed by atoms with Gasteiger partial charge in [0.2, 0.25) is 5.96 Å². The molecule has 0 spiro atoms. The van der Waals surface area contributed by atoms with Crippen molar-refractivity contribution in [2.45, 2.75) is 39.3 Å². The number of nitrogens with zero attached hydrogens (tertiary/aromatic N) is 1. The highest BCUT2D eigenvalue weighted by atomic mass is 32.2. The topological polar surface area (TPSA) is 71.7 Å². The summed E-state index contributed by atoms with van der Waals surface area (Å²) in [5.41, 5.74) is 2.59. The van der Waals surface area contributed by atoms with Crippen LogP contribution in [0.4, 0.5) is 0 Å². The van der Waals surface area contributed by atoms with E-state index >= 15 is 0 Å². The van der Waals surface area contributed by atoms with E-state index < -0.39 is 0 Å². The Morgan fingerprint density at radius 2 is 2.18 bits per heavy atom. The van der Waals surface area contributed by atoms with Gasteiger partial charge in [0.1, 0.15) is 0 Å². The van der Waals surface area contributed by atoms with Gasteiger partial charge in [-0.3, -0.25) is 5.43 Å². The first-order chi connectivity index (χ1) is 8.13. The normalized spacial score (nSPS) is 15.5. The van der Waals surface area contributed by atoms with Crippen molar-refractivity contribution in [1.29, 1.82) is 0 Å². The number of hydrazine groups is 1. The Bertz CT molecular complexity index is 214. The van der Waals surface area contributed by atoms with Crippen molar-refractivity contribution in [3.63, 3.8) is 0 Å². The Labute approximate surface area is 109 Å². The van der Waals surface area contributed by atoms with Crippen LogP contribution < -0.4 is 16.6 Å². The molecule has 17 heavy (non-hydrogen) atoms. The molecule has 4 N–H and O–H groups in total. The van der Waals surface area contributed by atoms with Crippen LogP contribution in [0, 0.1) is 0 Å². The molecule has 0 saturated heterocycles. The van der Waals surface area contributed by atoms with Crippen LogP contribution in [0.2, 0.25) is 0 Å². The molecule has 2 unspecified atom stereocenters. The monoisotopic (exact) mass is 262 g/mol. The summed E-state index contributed by atoms with van der Waals surface area (Å²) < 4.78 is 5.04. The Hall–Kier alpha value is -0.460. The predicted octanol–water partition coefficient (Wildman–Crippen LogP) is 0.962. The number of thioether (sulfide) groups is 1. The van der Waals surface area contributed by atoms with E-state index in [9.17, 15) is 0 Å². The van der Waals surface area contributed by atoms with Crippen LogP contribution in [0.25, 0.3) is 0 Å². The first-order valence-corrected chi connectivity index (χ1v) is 7.17. The first kappa shape index (κ1) is 16.5. The van der Waals surface area contributed by atoms with Crippen LogP contribution in [0.5, 0.6) is 0 Å². The molecule has 5 nitrogen and oxygen atoms in total. The molecule has 0 aromatic carbocycles. The van der Waals surface area contributed by atoms with Gasteiger partial charge in [-0.05, 0) is 31.8 Å². The van der Waals surface area contributed by atoms with Gasteiger partial charge in [-0.2, -0.15) is 11.8 Å². The lowest BCUT2D eigenvalue weighted by molar-refractivity contribution is 0.179. The van der Waals surface area contributed by atoms with Gasteiger partial charge in [0.05, 0.1) is 12.6 Å². The fourth-order valence-electron chi connectivity index (χ4n) is 1.32. The van der Waals surface area contributed by atoms with Crippen molar-refractivity contribution < 1.29 is 4.74 Å². The molecule has 0 heterocycles. The van der Waals surface area contributed by atoms with Gasteiger partial charge >= 0.3 is 0 Å². The zero-order valence-electron chi connectivity index (χ0n) is 11.3. The van der Waals surface area contributed by atoms with E-state index in [0.29, 0.717) is 12.6 Å². The summed E-state index contributed by atoms with van der Waals surface area (Å²) in [4.78, 5) is 4.49. The average molecular weight is 262 g/mol. The SMILES string of the molecule is CCSCCC(C)N=C(NN)NC(C)COC. The summed E-state index contributed by atoms with van der Waals surface area (Å²) >= 11 is 1.93. The maximum atomic E-state index is 5.43. The second-order valence-corrected chi connectivity index (χ2v) is 5.35. The van der Waals surface area contributed by atoms with Crippen molar-refractivity contribution in [2.75, 3.05) is 25.2 Å². The molecule has 0 fully saturated rings. The van der Waals surface area contributed by atoms with Crippen LogP contribution in [0.3, 0.4) is 0 Å². The van der Waals surface area contributed by atoms with E-state index in [1.807, 2.05) is 18.7 Å². The van der Waals surface area contributed by atoms with Crippen molar-refractivity contribution in [1.82, 2.24) is 10.7 Å². The molecule has 0 radical (unpaired) electrons. The van der Waals surface area contributed by atoms with E-state index in [1.54, 1.807) is 7.11 Å². The number of guanidine groups is 1. The maximum Gasteiger partial charge on any atom is 0.206 e. The Morgan fingerprint density at radius 1 is 1.47 bits per heavy atom. The van der Waals surface area contributed by atoms with E-state index in [4.69, 9.17) is 10.6 Å². The van der Waals surface area contributed by atoms with Crippen molar-refractivity contribution in [3.05, 3.63) is 0 Å².